The average Bonchev–Trinajstić information content (AvgIpc) is 3.00. The van der Waals surface area contributed by atoms with E-state index in [9.17, 15) is 9.59 Å². The first-order valence-corrected chi connectivity index (χ1v) is 9.82. The Morgan fingerprint density at radius 2 is 1.88 bits per heavy atom. The summed E-state index contributed by atoms with van der Waals surface area (Å²) in [6.45, 7) is 4.45. The van der Waals surface area contributed by atoms with Crippen molar-refractivity contribution >= 4 is 28.2 Å². The fourth-order valence-corrected chi connectivity index (χ4v) is 4.45. The summed E-state index contributed by atoms with van der Waals surface area (Å²) in [4.78, 5) is 26.5. The highest BCUT2D eigenvalue weighted by Crippen LogP contribution is 2.39. The maximum atomic E-state index is 12.8. The van der Waals surface area contributed by atoms with Crippen LogP contribution in [0.3, 0.4) is 0 Å². The van der Waals surface area contributed by atoms with Crippen LogP contribution in [0, 0.1) is 0 Å². The number of hydrogen-bond acceptors (Lipinski definition) is 5. The molecule has 0 bridgehead atoms. The minimum absolute atomic E-state index is 0.279. The Bertz CT molecular complexity index is 812. The van der Waals surface area contributed by atoms with Crippen LogP contribution in [0.15, 0.2) is 24.3 Å². The zero-order chi connectivity index (χ0) is 18.5. The monoisotopic (exact) mass is 373 g/mol. The molecule has 6 heteroatoms. The Morgan fingerprint density at radius 3 is 2.65 bits per heavy atom. The van der Waals surface area contributed by atoms with Crippen molar-refractivity contribution in [1.82, 2.24) is 0 Å². The molecule has 138 valence electrons. The van der Waals surface area contributed by atoms with Gasteiger partial charge in [-0.05, 0) is 57.2 Å². The van der Waals surface area contributed by atoms with Gasteiger partial charge in [-0.2, -0.15) is 0 Å². The van der Waals surface area contributed by atoms with E-state index in [1.165, 1.54) is 16.2 Å². The zero-order valence-corrected chi connectivity index (χ0v) is 15.9. The molecule has 0 spiro atoms. The largest absolute Gasteiger partial charge is 0.493 e. The quantitative estimate of drug-likeness (QED) is 0.760. The summed E-state index contributed by atoms with van der Waals surface area (Å²) in [6, 6.07) is 7.11. The van der Waals surface area contributed by atoms with Gasteiger partial charge in [0.25, 0.3) is 5.91 Å². The van der Waals surface area contributed by atoms with Crippen LogP contribution in [-0.2, 0) is 17.6 Å². The number of hydrogen-bond donors (Lipinski definition) is 1. The first-order chi connectivity index (χ1) is 12.7. The lowest BCUT2D eigenvalue weighted by molar-refractivity contribution is 0.0526. The first kappa shape index (κ1) is 18.5. The van der Waals surface area contributed by atoms with Gasteiger partial charge in [0, 0.05) is 4.88 Å². The Hall–Kier alpha value is -2.34. The topological polar surface area (TPSA) is 64.6 Å². The number of benzene rings is 1. The lowest BCUT2D eigenvalue weighted by Gasteiger charge is -2.13. The predicted molar refractivity (Wildman–Crippen MR) is 102 cm³/mol. The summed E-state index contributed by atoms with van der Waals surface area (Å²) >= 11 is 1.48. The molecule has 0 radical (unpaired) electrons. The average molecular weight is 373 g/mol. The van der Waals surface area contributed by atoms with Crippen molar-refractivity contribution in [2.75, 3.05) is 18.5 Å². The lowest BCUT2D eigenvalue weighted by atomic mass is 9.95. The fraction of sp³-hybridized carbons (Fsp3) is 0.400. The summed E-state index contributed by atoms with van der Waals surface area (Å²) in [5, 5.41) is 3.50. The Labute approximate surface area is 157 Å². The number of fused-ring (bicyclic) bond motifs is 1. The van der Waals surface area contributed by atoms with Crippen molar-refractivity contribution in [3.63, 3.8) is 0 Å². The molecule has 1 aliphatic carbocycles. The second-order valence-electron chi connectivity index (χ2n) is 6.02. The molecule has 5 nitrogen and oxygen atoms in total. The van der Waals surface area contributed by atoms with E-state index < -0.39 is 0 Å². The Morgan fingerprint density at radius 1 is 1.12 bits per heavy atom. The molecule has 1 N–H and O–H groups in total. The van der Waals surface area contributed by atoms with Crippen molar-refractivity contribution in [1.29, 1.82) is 0 Å². The van der Waals surface area contributed by atoms with Crippen molar-refractivity contribution in [2.24, 2.45) is 0 Å². The maximum absolute atomic E-state index is 12.8. The zero-order valence-electron chi connectivity index (χ0n) is 15.1. The van der Waals surface area contributed by atoms with Crippen molar-refractivity contribution in [2.45, 2.75) is 39.5 Å². The molecule has 1 aromatic carbocycles. The van der Waals surface area contributed by atoms with E-state index in [4.69, 9.17) is 9.47 Å². The number of nitrogens with one attached hydrogen (secondary N) is 1. The van der Waals surface area contributed by atoms with Crippen molar-refractivity contribution < 1.29 is 19.1 Å². The van der Waals surface area contributed by atoms with E-state index in [2.05, 4.69) is 5.32 Å². The minimum Gasteiger partial charge on any atom is -0.493 e. The highest BCUT2D eigenvalue weighted by atomic mass is 32.1. The lowest BCUT2D eigenvalue weighted by Crippen LogP contribution is -2.16. The van der Waals surface area contributed by atoms with Gasteiger partial charge in [-0.25, -0.2) is 4.79 Å². The third-order valence-electron chi connectivity index (χ3n) is 4.31. The number of amides is 1. The van der Waals surface area contributed by atoms with Crippen LogP contribution in [0.2, 0.25) is 0 Å². The summed E-state index contributed by atoms with van der Waals surface area (Å²) in [5.41, 5.74) is 2.01. The third-order valence-corrected chi connectivity index (χ3v) is 5.52. The Kier molecular flexibility index (Phi) is 5.93. The van der Waals surface area contributed by atoms with E-state index in [0.29, 0.717) is 35.1 Å². The smallest absolute Gasteiger partial charge is 0.341 e. The molecule has 0 saturated carbocycles. The summed E-state index contributed by atoms with van der Waals surface area (Å²) in [7, 11) is 0. The predicted octanol–water partition coefficient (Wildman–Crippen LogP) is 4.45. The van der Waals surface area contributed by atoms with Crippen LogP contribution < -0.4 is 10.1 Å². The molecule has 0 atom stereocenters. The van der Waals surface area contributed by atoms with Crippen LogP contribution in [0.4, 0.5) is 5.00 Å². The standard InChI is InChI=1S/C20H23NO4S/c1-3-24-15-11-7-5-9-13(15)18(22)21-19-17(20(23)25-4-2)14-10-6-8-12-16(14)26-19/h5,7,9,11H,3-4,6,8,10,12H2,1-2H3,(H,21,22). The van der Waals surface area contributed by atoms with Gasteiger partial charge >= 0.3 is 5.97 Å². The van der Waals surface area contributed by atoms with Crippen LogP contribution in [0.5, 0.6) is 5.75 Å². The summed E-state index contributed by atoms with van der Waals surface area (Å²) in [6.07, 6.45) is 3.95. The van der Waals surface area contributed by atoms with E-state index in [1.54, 1.807) is 25.1 Å². The van der Waals surface area contributed by atoms with Gasteiger partial charge in [0.05, 0.1) is 24.3 Å². The molecule has 0 unspecified atom stereocenters. The fourth-order valence-electron chi connectivity index (χ4n) is 3.18. The van der Waals surface area contributed by atoms with Gasteiger partial charge in [0.2, 0.25) is 0 Å². The number of rotatable bonds is 6. The van der Waals surface area contributed by atoms with Gasteiger partial charge in [0.1, 0.15) is 10.8 Å². The van der Waals surface area contributed by atoms with Crippen LogP contribution >= 0.6 is 11.3 Å². The van der Waals surface area contributed by atoms with Crippen LogP contribution in [0.25, 0.3) is 0 Å². The molecule has 0 saturated heterocycles. The SMILES string of the molecule is CCOC(=O)c1c(NC(=O)c2ccccc2OCC)sc2c1CCCC2. The van der Waals surface area contributed by atoms with Crippen LogP contribution in [-0.4, -0.2) is 25.1 Å². The number of anilines is 1. The van der Waals surface area contributed by atoms with Gasteiger partial charge in [-0.3, -0.25) is 4.79 Å². The van der Waals surface area contributed by atoms with Gasteiger partial charge < -0.3 is 14.8 Å². The highest BCUT2D eigenvalue weighted by Gasteiger charge is 2.27. The molecule has 2 aromatic rings. The Balaban J connectivity index is 1.93. The summed E-state index contributed by atoms with van der Waals surface area (Å²) < 4.78 is 10.8. The van der Waals surface area contributed by atoms with Crippen molar-refractivity contribution in [3.8, 4) is 5.75 Å². The summed E-state index contributed by atoms with van der Waals surface area (Å²) in [5.74, 6) is -0.106. The normalized spacial score (nSPS) is 13.0. The van der Waals surface area contributed by atoms with Gasteiger partial charge in [-0.1, -0.05) is 12.1 Å². The molecule has 1 aliphatic rings. The molecular weight excluding hydrogens is 350 g/mol. The molecule has 0 fully saturated rings. The van der Waals surface area contributed by atoms with E-state index in [-0.39, 0.29) is 11.9 Å². The second kappa shape index (κ2) is 8.36. The van der Waals surface area contributed by atoms with Gasteiger partial charge in [0.15, 0.2) is 0 Å². The number of thiophene rings is 1. The number of carbonyl (C=O) groups is 2. The molecule has 1 heterocycles. The van der Waals surface area contributed by atoms with E-state index in [0.717, 1.165) is 31.2 Å². The number of esters is 1. The van der Waals surface area contributed by atoms with E-state index in [1.807, 2.05) is 13.0 Å². The second-order valence-corrected chi connectivity index (χ2v) is 7.12. The third kappa shape index (κ3) is 3.75. The number of aryl methyl sites for hydroxylation is 1. The number of carbonyl (C=O) groups excluding carboxylic acids is 2. The molecule has 3 rings (SSSR count). The van der Waals surface area contributed by atoms with Crippen LogP contribution in [0.1, 0.15) is 57.8 Å². The molecule has 1 amide bonds. The van der Waals surface area contributed by atoms with Crippen molar-refractivity contribution in [3.05, 3.63) is 45.8 Å². The number of para-hydroxylation sites is 1. The van der Waals surface area contributed by atoms with Gasteiger partial charge in [-0.15, -0.1) is 11.3 Å². The molecular formula is C20H23NO4S. The molecule has 26 heavy (non-hydrogen) atoms. The highest BCUT2D eigenvalue weighted by molar-refractivity contribution is 7.17. The number of ether oxygens (including phenoxy) is 2. The molecule has 0 aliphatic heterocycles. The molecule has 1 aromatic heterocycles. The minimum atomic E-state index is -0.361. The maximum Gasteiger partial charge on any atom is 0.341 e. The first-order valence-electron chi connectivity index (χ1n) is 9.00. The van der Waals surface area contributed by atoms with E-state index >= 15 is 0 Å².